The van der Waals surface area contributed by atoms with Crippen molar-refractivity contribution in [1.82, 2.24) is 0 Å². The van der Waals surface area contributed by atoms with Crippen molar-refractivity contribution in [3.63, 3.8) is 0 Å². The molecule has 0 spiro atoms. The number of ether oxygens (including phenoxy) is 1. The standard InChI is InChI=1S/C10H19BrO/c1-4-5-6-7-8-12-9-10(2,3)11/h4H,1,5-9H2,2-3H3. The molecule has 0 radical (unpaired) electrons. The molecule has 0 amide bonds. The maximum Gasteiger partial charge on any atom is 0.0614 e. The summed E-state index contributed by atoms with van der Waals surface area (Å²) in [5.74, 6) is 0. The van der Waals surface area contributed by atoms with Gasteiger partial charge in [0.1, 0.15) is 0 Å². The predicted octanol–water partition coefficient (Wildman–Crippen LogP) is 3.53. The van der Waals surface area contributed by atoms with Gasteiger partial charge in [-0.3, -0.25) is 0 Å². The fourth-order valence-corrected chi connectivity index (χ4v) is 0.970. The van der Waals surface area contributed by atoms with E-state index in [2.05, 4.69) is 36.4 Å². The molecule has 0 aromatic rings. The lowest BCUT2D eigenvalue weighted by atomic mass is 10.2. The van der Waals surface area contributed by atoms with Gasteiger partial charge < -0.3 is 4.74 Å². The minimum atomic E-state index is 0.117. The molecule has 0 aliphatic heterocycles. The molecule has 0 unspecified atom stereocenters. The number of hydrogen-bond acceptors (Lipinski definition) is 1. The van der Waals surface area contributed by atoms with Crippen LogP contribution in [0.25, 0.3) is 0 Å². The number of allylic oxidation sites excluding steroid dienone is 1. The van der Waals surface area contributed by atoms with Crippen LogP contribution in [0, 0.1) is 0 Å². The van der Waals surface area contributed by atoms with E-state index < -0.39 is 0 Å². The summed E-state index contributed by atoms with van der Waals surface area (Å²) in [4.78, 5) is 0. The van der Waals surface area contributed by atoms with E-state index in [1.807, 2.05) is 6.08 Å². The van der Waals surface area contributed by atoms with Crippen LogP contribution >= 0.6 is 15.9 Å². The molecule has 0 aromatic heterocycles. The van der Waals surface area contributed by atoms with Crippen molar-refractivity contribution in [3.8, 4) is 0 Å². The van der Waals surface area contributed by atoms with E-state index in [9.17, 15) is 0 Å². The predicted molar refractivity (Wildman–Crippen MR) is 57.9 cm³/mol. The first-order chi connectivity index (χ1) is 5.56. The van der Waals surface area contributed by atoms with Crippen LogP contribution in [0.15, 0.2) is 12.7 Å². The van der Waals surface area contributed by atoms with E-state index >= 15 is 0 Å². The van der Waals surface area contributed by atoms with Crippen LogP contribution in [-0.4, -0.2) is 17.5 Å². The molecule has 0 bridgehead atoms. The maximum absolute atomic E-state index is 5.46. The molecule has 0 fully saturated rings. The Labute approximate surface area is 84.3 Å². The normalized spacial score (nSPS) is 11.6. The zero-order chi connectivity index (χ0) is 9.45. The number of hydrogen-bond donors (Lipinski definition) is 0. The highest BCUT2D eigenvalue weighted by molar-refractivity contribution is 9.10. The van der Waals surface area contributed by atoms with Gasteiger partial charge in [0.05, 0.1) is 6.61 Å². The van der Waals surface area contributed by atoms with Gasteiger partial charge in [-0.25, -0.2) is 0 Å². The molecule has 12 heavy (non-hydrogen) atoms. The first-order valence-corrected chi connectivity index (χ1v) is 5.23. The Hall–Kier alpha value is 0.180. The smallest absolute Gasteiger partial charge is 0.0614 e. The highest BCUT2D eigenvalue weighted by atomic mass is 79.9. The summed E-state index contributed by atoms with van der Waals surface area (Å²) in [6.07, 6.45) is 5.37. The van der Waals surface area contributed by atoms with Crippen molar-refractivity contribution in [2.45, 2.75) is 37.4 Å². The lowest BCUT2D eigenvalue weighted by Gasteiger charge is -2.15. The summed E-state index contributed by atoms with van der Waals surface area (Å²) < 4.78 is 5.58. The van der Waals surface area contributed by atoms with Crippen LogP contribution in [0.5, 0.6) is 0 Å². The van der Waals surface area contributed by atoms with Gasteiger partial charge in [-0.1, -0.05) is 22.0 Å². The Morgan fingerprint density at radius 3 is 2.58 bits per heavy atom. The van der Waals surface area contributed by atoms with Gasteiger partial charge in [0.25, 0.3) is 0 Å². The van der Waals surface area contributed by atoms with E-state index in [0.29, 0.717) is 0 Å². The van der Waals surface area contributed by atoms with E-state index in [0.717, 1.165) is 26.1 Å². The highest BCUT2D eigenvalue weighted by Gasteiger charge is 2.11. The molecule has 0 saturated heterocycles. The summed E-state index contributed by atoms with van der Waals surface area (Å²) >= 11 is 3.52. The second-order valence-corrected chi connectivity index (χ2v) is 5.70. The van der Waals surface area contributed by atoms with Crippen LogP contribution in [0.3, 0.4) is 0 Å². The Bertz CT molecular complexity index is 115. The molecule has 0 saturated carbocycles. The van der Waals surface area contributed by atoms with Crippen molar-refractivity contribution in [2.75, 3.05) is 13.2 Å². The van der Waals surface area contributed by atoms with Crippen LogP contribution in [-0.2, 0) is 4.74 Å². The Morgan fingerprint density at radius 1 is 1.42 bits per heavy atom. The summed E-state index contributed by atoms with van der Waals surface area (Å²) in [5, 5.41) is 0. The van der Waals surface area contributed by atoms with Gasteiger partial charge >= 0.3 is 0 Å². The fourth-order valence-electron chi connectivity index (χ4n) is 0.808. The van der Waals surface area contributed by atoms with Gasteiger partial charge in [0.2, 0.25) is 0 Å². The molecule has 0 rings (SSSR count). The number of alkyl halides is 1. The monoisotopic (exact) mass is 234 g/mol. The lowest BCUT2D eigenvalue weighted by Crippen LogP contribution is -2.18. The van der Waals surface area contributed by atoms with Crippen molar-refractivity contribution in [3.05, 3.63) is 12.7 Å². The first-order valence-electron chi connectivity index (χ1n) is 4.44. The topological polar surface area (TPSA) is 9.23 Å². The summed E-state index contributed by atoms with van der Waals surface area (Å²) in [7, 11) is 0. The largest absolute Gasteiger partial charge is 0.380 e. The maximum atomic E-state index is 5.46. The molecule has 0 atom stereocenters. The van der Waals surface area contributed by atoms with Gasteiger partial charge in [-0.15, -0.1) is 6.58 Å². The van der Waals surface area contributed by atoms with Crippen LogP contribution in [0.1, 0.15) is 33.1 Å². The lowest BCUT2D eigenvalue weighted by molar-refractivity contribution is 0.118. The molecular weight excluding hydrogens is 216 g/mol. The SMILES string of the molecule is C=CCCCCOCC(C)(C)Br. The average molecular weight is 235 g/mol. The van der Waals surface area contributed by atoms with E-state index in [-0.39, 0.29) is 4.32 Å². The molecule has 0 heterocycles. The van der Waals surface area contributed by atoms with Gasteiger partial charge in [-0.05, 0) is 33.1 Å². The molecule has 0 aromatic carbocycles. The third-order valence-corrected chi connectivity index (χ3v) is 1.62. The Balaban J connectivity index is 3.06. The van der Waals surface area contributed by atoms with Crippen molar-refractivity contribution in [2.24, 2.45) is 0 Å². The van der Waals surface area contributed by atoms with Crippen LogP contribution < -0.4 is 0 Å². The zero-order valence-corrected chi connectivity index (χ0v) is 9.69. The minimum absolute atomic E-state index is 0.117. The van der Waals surface area contributed by atoms with E-state index in [4.69, 9.17) is 4.74 Å². The van der Waals surface area contributed by atoms with Gasteiger partial charge in [0.15, 0.2) is 0 Å². The molecule has 72 valence electrons. The van der Waals surface area contributed by atoms with E-state index in [1.165, 1.54) is 6.42 Å². The Kier molecular flexibility index (Phi) is 6.77. The second-order valence-electron chi connectivity index (χ2n) is 3.56. The molecule has 0 N–H and O–H groups in total. The summed E-state index contributed by atoms with van der Waals surface area (Å²) in [6, 6.07) is 0. The average Bonchev–Trinajstić information content (AvgIpc) is 1.94. The van der Waals surface area contributed by atoms with Crippen molar-refractivity contribution in [1.29, 1.82) is 0 Å². The quantitative estimate of drug-likeness (QED) is 0.372. The van der Waals surface area contributed by atoms with Crippen LogP contribution in [0.2, 0.25) is 0 Å². The number of halogens is 1. The highest BCUT2D eigenvalue weighted by Crippen LogP contribution is 2.15. The molecule has 1 nitrogen and oxygen atoms in total. The molecule has 2 heteroatoms. The summed E-state index contributed by atoms with van der Waals surface area (Å²) in [5.41, 5.74) is 0. The zero-order valence-electron chi connectivity index (χ0n) is 8.11. The molecular formula is C10H19BrO. The second kappa shape index (κ2) is 6.67. The number of unbranched alkanes of at least 4 members (excludes halogenated alkanes) is 2. The summed E-state index contributed by atoms with van der Waals surface area (Å²) in [6.45, 7) is 9.53. The Morgan fingerprint density at radius 2 is 2.08 bits per heavy atom. The third kappa shape index (κ3) is 10.2. The number of rotatable bonds is 7. The van der Waals surface area contributed by atoms with Gasteiger partial charge in [0, 0.05) is 10.9 Å². The van der Waals surface area contributed by atoms with Crippen molar-refractivity contribution >= 4 is 15.9 Å². The first kappa shape index (κ1) is 12.2. The third-order valence-electron chi connectivity index (χ3n) is 1.39. The molecule has 0 aliphatic rings. The molecule has 0 aliphatic carbocycles. The van der Waals surface area contributed by atoms with E-state index in [1.54, 1.807) is 0 Å². The minimum Gasteiger partial charge on any atom is -0.380 e. The van der Waals surface area contributed by atoms with Crippen molar-refractivity contribution < 1.29 is 4.74 Å². The van der Waals surface area contributed by atoms with Gasteiger partial charge in [-0.2, -0.15) is 0 Å². The fraction of sp³-hybridized carbons (Fsp3) is 0.800. The van der Waals surface area contributed by atoms with Crippen LogP contribution in [0.4, 0.5) is 0 Å².